The van der Waals surface area contributed by atoms with Gasteiger partial charge >= 0.3 is 0 Å². The third kappa shape index (κ3) is 7.22. The molecule has 0 nitrogen and oxygen atoms in total. The van der Waals surface area contributed by atoms with Crippen molar-refractivity contribution in [2.45, 2.75) is 20.3 Å². The molecule has 0 aromatic heterocycles. The predicted octanol–water partition coefficient (Wildman–Crippen LogP) is 3.08. The van der Waals surface area contributed by atoms with Gasteiger partial charge < -0.3 is 0 Å². The van der Waals surface area contributed by atoms with E-state index in [-0.39, 0.29) is 0 Å². The first-order valence-electron chi connectivity index (χ1n) is 3.09. The quantitative estimate of drug-likeness (QED) is 0.398. The molecule has 0 amide bonds. The van der Waals surface area contributed by atoms with Gasteiger partial charge in [-0.25, -0.2) is 0 Å². The number of rotatable bonds is 3. The summed E-state index contributed by atoms with van der Waals surface area (Å²) in [5, 5.41) is 0. The Labute approximate surface area is 57.6 Å². The van der Waals surface area contributed by atoms with Crippen molar-refractivity contribution in [3.63, 3.8) is 0 Å². The topological polar surface area (TPSA) is 0 Å². The van der Waals surface area contributed by atoms with Crippen LogP contribution in [0.3, 0.4) is 0 Å². The van der Waals surface area contributed by atoms with Crippen LogP contribution in [0.1, 0.15) is 20.3 Å². The fraction of sp³-hybridized carbons (Fsp3) is 0.333. The van der Waals surface area contributed by atoms with E-state index in [4.69, 9.17) is 0 Å². The standard InChI is InChI=1S/C9H14/c1-8(2)6-5-7-9(3)4/h5-6H,1,3,7H2,2,4H3/b6-5-. The van der Waals surface area contributed by atoms with Gasteiger partial charge in [0.05, 0.1) is 0 Å². The van der Waals surface area contributed by atoms with Gasteiger partial charge in [-0.3, -0.25) is 0 Å². The molecule has 0 rings (SSSR count). The molecule has 0 heteroatoms. The molecule has 0 aliphatic carbocycles. The fourth-order valence-corrected chi connectivity index (χ4v) is 0.461. The Morgan fingerprint density at radius 2 is 1.89 bits per heavy atom. The van der Waals surface area contributed by atoms with Gasteiger partial charge in [0.1, 0.15) is 0 Å². The maximum atomic E-state index is 3.77. The molecule has 0 atom stereocenters. The minimum absolute atomic E-state index is 0.965. The summed E-state index contributed by atoms with van der Waals surface area (Å²) in [7, 11) is 0. The predicted molar refractivity (Wildman–Crippen MR) is 43.4 cm³/mol. The lowest BCUT2D eigenvalue weighted by atomic mass is 10.2. The van der Waals surface area contributed by atoms with Gasteiger partial charge in [0.15, 0.2) is 0 Å². The molecule has 0 saturated carbocycles. The number of hydrogen-bond donors (Lipinski definition) is 0. The molecule has 0 unspecified atom stereocenters. The molecule has 0 fully saturated rings. The Balaban J connectivity index is 3.48. The van der Waals surface area contributed by atoms with E-state index < -0.39 is 0 Å². The smallest absolute Gasteiger partial charge is 0.0141 e. The van der Waals surface area contributed by atoms with Gasteiger partial charge in [0.2, 0.25) is 0 Å². The summed E-state index contributed by atoms with van der Waals surface area (Å²) in [6.07, 6.45) is 5.05. The van der Waals surface area contributed by atoms with E-state index in [1.165, 1.54) is 5.57 Å². The van der Waals surface area contributed by atoms with Crippen molar-refractivity contribution in [1.82, 2.24) is 0 Å². The molecule has 0 aromatic carbocycles. The van der Waals surface area contributed by atoms with Crippen molar-refractivity contribution in [3.8, 4) is 0 Å². The van der Waals surface area contributed by atoms with Crippen LogP contribution in [-0.2, 0) is 0 Å². The minimum Gasteiger partial charge on any atom is -0.0998 e. The fourth-order valence-electron chi connectivity index (χ4n) is 0.461. The van der Waals surface area contributed by atoms with Crippen LogP contribution in [-0.4, -0.2) is 0 Å². The molecule has 50 valence electrons. The Morgan fingerprint density at radius 3 is 2.22 bits per heavy atom. The first-order valence-corrected chi connectivity index (χ1v) is 3.09. The van der Waals surface area contributed by atoms with E-state index in [1.54, 1.807) is 0 Å². The SMILES string of the molecule is C=C(C)/C=C\CC(=C)C. The molecule has 0 aromatic rings. The maximum absolute atomic E-state index is 3.77. The Morgan fingerprint density at radius 1 is 1.33 bits per heavy atom. The molecule has 0 heterocycles. The van der Waals surface area contributed by atoms with Crippen LogP contribution in [0.5, 0.6) is 0 Å². The zero-order valence-electron chi connectivity index (χ0n) is 6.28. The lowest BCUT2D eigenvalue weighted by Crippen LogP contribution is -1.67. The van der Waals surface area contributed by atoms with Gasteiger partial charge in [0, 0.05) is 0 Å². The summed E-state index contributed by atoms with van der Waals surface area (Å²) < 4.78 is 0. The Kier molecular flexibility index (Phi) is 3.78. The second-order valence-electron chi connectivity index (χ2n) is 2.41. The molecule has 0 bridgehead atoms. The third-order valence-corrected chi connectivity index (χ3v) is 0.869. The lowest BCUT2D eigenvalue weighted by Gasteiger charge is -1.88. The zero-order chi connectivity index (χ0) is 7.28. The van der Waals surface area contributed by atoms with Crippen LogP contribution in [0.2, 0.25) is 0 Å². The highest BCUT2D eigenvalue weighted by Gasteiger charge is 1.77. The van der Waals surface area contributed by atoms with Crippen LogP contribution in [0.4, 0.5) is 0 Å². The summed E-state index contributed by atoms with van der Waals surface area (Å²) in [4.78, 5) is 0. The lowest BCUT2D eigenvalue weighted by molar-refractivity contribution is 1.22. The molecule has 9 heavy (non-hydrogen) atoms. The van der Waals surface area contributed by atoms with E-state index >= 15 is 0 Å². The monoisotopic (exact) mass is 122 g/mol. The Hall–Kier alpha value is -0.780. The molecule has 0 spiro atoms. The summed E-state index contributed by atoms with van der Waals surface area (Å²) >= 11 is 0. The summed E-state index contributed by atoms with van der Waals surface area (Å²) in [6.45, 7) is 11.5. The normalized spacial score (nSPS) is 10.0. The van der Waals surface area contributed by atoms with E-state index in [2.05, 4.69) is 19.2 Å². The maximum Gasteiger partial charge on any atom is -0.0141 e. The third-order valence-electron chi connectivity index (χ3n) is 0.869. The van der Waals surface area contributed by atoms with Gasteiger partial charge in [-0.1, -0.05) is 36.5 Å². The first kappa shape index (κ1) is 8.22. The Bertz CT molecular complexity index is 138. The van der Waals surface area contributed by atoms with Gasteiger partial charge in [0.25, 0.3) is 0 Å². The second-order valence-corrected chi connectivity index (χ2v) is 2.41. The van der Waals surface area contributed by atoms with Gasteiger partial charge in [-0.05, 0) is 20.3 Å². The second kappa shape index (κ2) is 4.13. The largest absolute Gasteiger partial charge is 0.0998 e. The van der Waals surface area contributed by atoms with E-state index in [0.29, 0.717) is 0 Å². The molecule has 0 saturated heterocycles. The number of allylic oxidation sites excluding steroid dienone is 4. The average molecular weight is 122 g/mol. The summed E-state index contributed by atoms with van der Waals surface area (Å²) in [5.41, 5.74) is 2.28. The molecule has 0 aliphatic rings. The minimum atomic E-state index is 0.965. The van der Waals surface area contributed by atoms with E-state index in [9.17, 15) is 0 Å². The highest BCUT2D eigenvalue weighted by molar-refractivity contribution is 5.13. The van der Waals surface area contributed by atoms with Crippen LogP contribution >= 0.6 is 0 Å². The first-order chi connectivity index (χ1) is 4.13. The van der Waals surface area contributed by atoms with Gasteiger partial charge in [-0.2, -0.15) is 0 Å². The van der Waals surface area contributed by atoms with Crippen molar-refractivity contribution in [3.05, 3.63) is 36.5 Å². The highest BCUT2D eigenvalue weighted by Crippen LogP contribution is 1.98. The van der Waals surface area contributed by atoms with Crippen molar-refractivity contribution in [2.24, 2.45) is 0 Å². The van der Waals surface area contributed by atoms with Crippen molar-refractivity contribution in [1.29, 1.82) is 0 Å². The molecule has 0 radical (unpaired) electrons. The van der Waals surface area contributed by atoms with Gasteiger partial charge in [-0.15, -0.1) is 0 Å². The van der Waals surface area contributed by atoms with Crippen molar-refractivity contribution < 1.29 is 0 Å². The van der Waals surface area contributed by atoms with Crippen LogP contribution in [0.15, 0.2) is 36.5 Å². The number of hydrogen-bond acceptors (Lipinski definition) is 0. The molecular formula is C9H14. The zero-order valence-corrected chi connectivity index (χ0v) is 6.28. The van der Waals surface area contributed by atoms with Crippen LogP contribution in [0, 0.1) is 0 Å². The van der Waals surface area contributed by atoms with E-state index in [0.717, 1.165) is 12.0 Å². The molecular weight excluding hydrogens is 108 g/mol. The van der Waals surface area contributed by atoms with Crippen LogP contribution in [0.25, 0.3) is 0 Å². The average Bonchev–Trinajstić information content (AvgIpc) is 1.63. The summed E-state index contributed by atoms with van der Waals surface area (Å²) in [5.74, 6) is 0. The van der Waals surface area contributed by atoms with Crippen molar-refractivity contribution >= 4 is 0 Å². The highest BCUT2D eigenvalue weighted by atomic mass is 13.8. The molecule has 0 N–H and O–H groups in total. The van der Waals surface area contributed by atoms with E-state index in [1.807, 2.05) is 19.9 Å². The van der Waals surface area contributed by atoms with Crippen molar-refractivity contribution in [2.75, 3.05) is 0 Å². The van der Waals surface area contributed by atoms with Crippen LogP contribution < -0.4 is 0 Å². The summed E-state index contributed by atoms with van der Waals surface area (Å²) in [6, 6.07) is 0. The molecule has 0 aliphatic heterocycles.